The van der Waals surface area contributed by atoms with Crippen LogP contribution in [0.25, 0.3) is 0 Å². The van der Waals surface area contributed by atoms with E-state index in [4.69, 9.17) is 0 Å². The van der Waals surface area contributed by atoms with Gasteiger partial charge in [0.1, 0.15) is 12.1 Å². The molecular weight excluding hydrogens is 391 g/mol. The SMILES string of the molecule is CC(C)C(NC(=O)c1ccc2c(c1)CN(C1CCC(=O)NC1=O)C2=O)C(F)(F)F. The minimum atomic E-state index is -4.58. The van der Waals surface area contributed by atoms with Crippen molar-refractivity contribution >= 4 is 23.6 Å². The number of halogens is 3. The van der Waals surface area contributed by atoms with E-state index in [1.165, 1.54) is 36.9 Å². The summed E-state index contributed by atoms with van der Waals surface area (Å²) in [6.45, 7) is 2.75. The van der Waals surface area contributed by atoms with Gasteiger partial charge in [-0.1, -0.05) is 13.8 Å². The maximum atomic E-state index is 13.1. The number of fused-ring (bicyclic) bond motifs is 1. The molecule has 2 aliphatic heterocycles. The minimum absolute atomic E-state index is 0.00317. The van der Waals surface area contributed by atoms with Crippen LogP contribution in [0.5, 0.6) is 0 Å². The maximum Gasteiger partial charge on any atom is 0.408 e. The molecule has 0 saturated carbocycles. The molecule has 2 aliphatic rings. The third-order valence-electron chi connectivity index (χ3n) is 5.09. The Labute approximate surface area is 164 Å². The van der Waals surface area contributed by atoms with E-state index in [1.54, 1.807) is 0 Å². The lowest BCUT2D eigenvalue weighted by atomic mass is 10.0. The number of piperidine rings is 1. The second kappa shape index (κ2) is 7.49. The smallest absolute Gasteiger partial charge is 0.340 e. The number of hydrogen-bond donors (Lipinski definition) is 2. The second-order valence-corrected chi connectivity index (χ2v) is 7.51. The van der Waals surface area contributed by atoms with Gasteiger partial charge < -0.3 is 10.2 Å². The first-order valence-electron chi connectivity index (χ1n) is 9.14. The Morgan fingerprint density at radius 1 is 1.24 bits per heavy atom. The summed E-state index contributed by atoms with van der Waals surface area (Å²) in [4.78, 5) is 49.6. The Hall–Kier alpha value is -2.91. The highest BCUT2D eigenvalue weighted by Gasteiger charge is 2.43. The summed E-state index contributed by atoms with van der Waals surface area (Å²) in [7, 11) is 0. The molecule has 2 heterocycles. The van der Waals surface area contributed by atoms with Gasteiger partial charge in [0.05, 0.1) is 0 Å². The van der Waals surface area contributed by atoms with Gasteiger partial charge in [-0.15, -0.1) is 0 Å². The van der Waals surface area contributed by atoms with Crippen molar-refractivity contribution in [1.82, 2.24) is 15.5 Å². The van der Waals surface area contributed by atoms with Gasteiger partial charge in [-0.2, -0.15) is 13.2 Å². The summed E-state index contributed by atoms with van der Waals surface area (Å²) >= 11 is 0. The van der Waals surface area contributed by atoms with Crippen LogP contribution in [0.4, 0.5) is 13.2 Å². The average molecular weight is 411 g/mol. The van der Waals surface area contributed by atoms with E-state index >= 15 is 0 Å². The summed E-state index contributed by atoms with van der Waals surface area (Å²) in [5.74, 6) is -3.13. The summed E-state index contributed by atoms with van der Waals surface area (Å²) in [6.07, 6.45) is -4.28. The van der Waals surface area contributed by atoms with E-state index < -0.39 is 47.8 Å². The highest BCUT2D eigenvalue weighted by molar-refractivity contribution is 6.06. The van der Waals surface area contributed by atoms with Gasteiger partial charge in [0.15, 0.2) is 0 Å². The number of carbonyl (C=O) groups is 4. The van der Waals surface area contributed by atoms with Crippen molar-refractivity contribution < 1.29 is 32.3 Å². The number of carbonyl (C=O) groups excluding carboxylic acids is 4. The molecule has 1 fully saturated rings. The first kappa shape index (κ1) is 20.8. The Balaban J connectivity index is 1.78. The molecule has 29 heavy (non-hydrogen) atoms. The molecule has 1 aromatic carbocycles. The molecule has 0 bridgehead atoms. The Kier molecular flexibility index (Phi) is 5.38. The molecule has 2 N–H and O–H groups in total. The van der Waals surface area contributed by atoms with Crippen molar-refractivity contribution in [3.63, 3.8) is 0 Å². The molecule has 0 spiro atoms. The van der Waals surface area contributed by atoms with Gasteiger partial charge in [0, 0.05) is 24.1 Å². The van der Waals surface area contributed by atoms with Crippen LogP contribution < -0.4 is 10.6 Å². The van der Waals surface area contributed by atoms with Crippen molar-refractivity contribution in [2.24, 2.45) is 5.92 Å². The number of hydrogen-bond acceptors (Lipinski definition) is 4. The molecule has 7 nitrogen and oxygen atoms in total. The van der Waals surface area contributed by atoms with Crippen molar-refractivity contribution in [2.75, 3.05) is 0 Å². The summed E-state index contributed by atoms with van der Waals surface area (Å²) in [6, 6.07) is 1.22. The summed E-state index contributed by atoms with van der Waals surface area (Å²) in [5.41, 5.74) is 0.722. The molecule has 0 aromatic heterocycles. The van der Waals surface area contributed by atoms with Gasteiger partial charge in [-0.05, 0) is 36.1 Å². The van der Waals surface area contributed by atoms with E-state index in [2.05, 4.69) is 5.32 Å². The average Bonchev–Trinajstić information content (AvgIpc) is 2.94. The van der Waals surface area contributed by atoms with E-state index in [0.29, 0.717) is 5.56 Å². The van der Waals surface area contributed by atoms with Gasteiger partial charge in [0.25, 0.3) is 11.8 Å². The van der Waals surface area contributed by atoms with Crippen LogP contribution in [0.1, 0.15) is 53.0 Å². The van der Waals surface area contributed by atoms with E-state index in [0.717, 1.165) is 0 Å². The molecule has 156 valence electrons. The number of amides is 4. The monoisotopic (exact) mass is 411 g/mol. The van der Waals surface area contributed by atoms with Crippen LogP contribution in [0.15, 0.2) is 18.2 Å². The van der Waals surface area contributed by atoms with Gasteiger partial charge >= 0.3 is 6.18 Å². The number of nitrogens with zero attached hydrogens (tertiary/aromatic N) is 1. The number of rotatable bonds is 4. The normalized spacial score (nSPS) is 20.6. The zero-order valence-corrected chi connectivity index (χ0v) is 15.8. The van der Waals surface area contributed by atoms with Crippen LogP contribution in [0, 0.1) is 5.92 Å². The zero-order chi connectivity index (χ0) is 21.5. The number of alkyl halides is 3. The van der Waals surface area contributed by atoms with Crippen LogP contribution in [0.3, 0.4) is 0 Å². The van der Waals surface area contributed by atoms with Gasteiger partial charge in [0.2, 0.25) is 11.8 Å². The molecule has 2 unspecified atom stereocenters. The number of nitrogens with one attached hydrogen (secondary N) is 2. The fraction of sp³-hybridized carbons (Fsp3) is 0.474. The van der Waals surface area contributed by atoms with Crippen LogP contribution in [-0.4, -0.2) is 46.8 Å². The first-order valence-corrected chi connectivity index (χ1v) is 9.14. The predicted octanol–water partition coefficient (Wildman–Crippen LogP) is 1.76. The molecule has 2 atom stereocenters. The number of imide groups is 1. The molecule has 0 radical (unpaired) electrons. The van der Waals surface area contributed by atoms with E-state index in [9.17, 15) is 32.3 Å². The Morgan fingerprint density at radius 3 is 2.52 bits per heavy atom. The molecule has 3 rings (SSSR count). The lowest BCUT2D eigenvalue weighted by Crippen LogP contribution is -2.52. The van der Waals surface area contributed by atoms with E-state index in [1.807, 2.05) is 5.32 Å². The minimum Gasteiger partial charge on any atom is -0.340 e. The van der Waals surface area contributed by atoms with Crippen LogP contribution in [0.2, 0.25) is 0 Å². The highest BCUT2D eigenvalue weighted by atomic mass is 19.4. The molecule has 0 aliphatic carbocycles. The van der Waals surface area contributed by atoms with Crippen LogP contribution in [-0.2, 0) is 16.1 Å². The van der Waals surface area contributed by atoms with Gasteiger partial charge in [-0.25, -0.2) is 0 Å². The van der Waals surface area contributed by atoms with Crippen molar-refractivity contribution in [2.45, 2.75) is 51.5 Å². The lowest BCUT2D eigenvalue weighted by Gasteiger charge is -2.29. The fourth-order valence-electron chi connectivity index (χ4n) is 3.57. The molecule has 4 amide bonds. The largest absolute Gasteiger partial charge is 0.408 e. The second-order valence-electron chi connectivity index (χ2n) is 7.51. The standard InChI is InChI=1S/C19H20F3N3O4/c1-9(2)15(19(20,21)22)24-16(27)10-3-4-12-11(7-10)8-25(18(12)29)13-5-6-14(26)23-17(13)28/h3-4,7,9,13,15H,5-6,8H2,1-2H3,(H,24,27)(H,23,26,28). The first-order chi connectivity index (χ1) is 13.5. The van der Waals surface area contributed by atoms with Crippen molar-refractivity contribution in [1.29, 1.82) is 0 Å². The topological polar surface area (TPSA) is 95.6 Å². The predicted molar refractivity (Wildman–Crippen MR) is 94.6 cm³/mol. The van der Waals surface area contributed by atoms with Gasteiger partial charge in [-0.3, -0.25) is 24.5 Å². The van der Waals surface area contributed by atoms with Crippen molar-refractivity contribution in [3.8, 4) is 0 Å². The third-order valence-corrected chi connectivity index (χ3v) is 5.09. The van der Waals surface area contributed by atoms with E-state index in [-0.39, 0.29) is 30.5 Å². The Morgan fingerprint density at radius 2 is 1.93 bits per heavy atom. The third kappa shape index (κ3) is 4.10. The lowest BCUT2D eigenvalue weighted by molar-refractivity contribution is -0.162. The molecule has 1 saturated heterocycles. The fourth-order valence-corrected chi connectivity index (χ4v) is 3.57. The quantitative estimate of drug-likeness (QED) is 0.739. The summed E-state index contributed by atoms with van der Waals surface area (Å²) in [5, 5.41) is 4.18. The molecule has 1 aromatic rings. The zero-order valence-electron chi connectivity index (χ0n) is 15.8. The maximum absolute atomic E-state index is 13.1. The Bertz CT molecular complexity index is 882. The molecule has 10 heteroatoms. The van der Waals surface area contributed by atoms with Crippen LogP contribution >= 0.6 is 0 Å². The molecular formula is C19H20F3N3O4. The highest BCUT2D eigenvalue weighted by Crippen LogP contribution is 2.29. The number of benzene rings is 1. The van der Waals surface area contributed by atoms with Crippen molar-refractivity contribution in [3.05, 3.63) is 34.9 Å². The summed E-state index contributed by atoms with van der Waals surface area (Å²) < 4.78 is 39.3.